The molecule has 0 aromatic rings. The molecule has 0 fully saturated rings. The number of amides is 9. The Morgan fingerprint density at radius 3 is 0.747 bits per heavy atom. The van der Waals surface area contributed by atoms with Gasteiger partial charge in [0.05, 0.1) is 61.2 Å². The Hall–Kier alpha value is -8.58. The molecule has 0 aromatic carbocycles. The number of esters is 4. The first-order valence-corrected chi connectivity index (χ1v) is 24.3. The van der Waals surface area contributed by atoms with Gasteiger partial charge in [-0.3, -0.25) is 86.3 Å². The molecule has 79 heavy (non-hydrogen) atoms. The highest BCUT2D eigenvalue weighted by atomic mass is 16.5. The summed E-state index contributed by atoms with van der Waals surface area (Å²) in [5.74, 6) is -14.2. The Morgan fingerprint density at radius 2 is 0.532 bits per heavy atom. The Morgan fingerprint density at radius 1 is 0.304 bits per heavy atom. The van der Waals surface area contributed by atoms with Crippen LogP contribution in [0.1, 0.15) is 71.1 Å². The van der Waals surface area contributed by atoms with Crippen molar-refractivity contribution >= 4 is 106 Å². The van der Waals surface area contributed by atoms with Crippen LogP contribution < -0.4 is 32.3 Å². The van der Waals surface area contributed by atoms with Crippen molar-refractivity contribution in [2.45, 2.75) is 71.1 Å². The van der Waals surface area contributed by atoms with Gasteiger partial charge in [0.25, 0.3) is 0 Å². The first kappa shape index (κ1) is 70.4. The van der Waals surface area contributed by atoms with E-state index in [4.69, 9.17) is 5.73 Å². The number of Topliss-reactive ketones (excluding diaryl/α,β-unsaturated/α-hetero) is 5. The molecule has 0 saturated carbocycles. The Balaban J connectivity index is 5.28. The van der Waals surface area contributed by atoms with Gasteiger partial charge >= 0.3 is 23.9 Å². The molecule has 0 heterocycles. The van der Waals surface area contributed by atoms with Gasteiger partial charge in [0.2, 0.25) is 53.2 Å². The Kier molecular flexibility index (Phi) is 35.4. The minimum absolute atomic E-state index is 0.101. The molecule has 7 N–H and O–H groups in total. The third kappa shape index (κ3) is 33.2. The van der Waals surface area contributed by atoms with Crippen molar-refractivity contribution in [3.05, 3.63) is 0 Å². The number of ether oxygens (including phenoxy) is 4. The van der Waals surface area contributed by atoms with Crippen LogP contribution >= 0.6 is 0 Å². The Labute approximate surface area is 453 Å². The number of methoxy groups -OCH3 is 4. The third-order valence-electron chi connectivity index (χ3n) is 10.6. The van der Waals surface area contributed by atoms with E-state index in [-0.39, 0.29) is 38.1 Å². The van der Waals surface area contributed by atoms with Crippen molar-refractivity contribution < 1.29 is 105 Å². The predicted molar refractivity (Wildman–Crippen MR) is 265 cm³/mol. The van der Waals surface area contributed by atoms with Gasteiger partial charge in [-0.25, -0.2) is 0 Å². The highest BCUT2D eigenvalue weighted by Crippen LogP contribution is 2.05. The second-order valence-electron chi connectivity index (χ2n) is 16.8. The first-order chi connectivity index (χ1) is 37.3. The molecule has 0 unspecified atom stereocenters. The van der Waals surface area contributed by atoms with Crippen molar-refractivity contribution in [1.82, 2.24) is 46.2 Å². The minimum Gasteiger partial charge on any atom is -0.468 e. The molecule has 32 heteroatoms. The molecule has 0 rings (SSSR count). The number of rotatable bonds is 41. The van der Waals surface area contributed by atoms with Crippen LogP contribution in [0, 0.1) is 0 Å². The molecule has 9 amide bonds. The van der Waals surface area contributed by atoms with E-state index in [0.29, 0.717) is 11.4 Å². The molecular weight excluding hydrogens is 1060 g/mol. The van der Waals surface area contributed by atoms with E-state index in [0.717, 1.165) is 43.1 Å². The number of carbonyl (C=O) groups is 18. The van der Waals surface area contributed by atoms with E-state index in [1.54, 1.807) is 6.92 Å². The fourth-order valence-corrected chi connectivity index (χ4v) is 6.13. The van der Waals surface area contributed by atoms with Crippen LogP contribution in [-0.4, -0.2) is 246 Å². The zero-order chi connectivity index (χ0) is 60.0. The van der Waals surface area contributed by atoms with Gasteiger partial charge in [-0.15, -0.1) is 0 Å². The zero-order valence-corrected chi connectivity index (χ0v) is 44.8. The number of hydrogen-bond acceptors (Lipinski definition) is 23. The molecule has 0 spiro atoms. The highest BCUT2D eigenvalue weighted by molar-refractivity contribution is 5.97. The number of carbonyl (C=O) groups excluding carboxylic acids is 18. The van der Waals surface area contributed by atoms with Crippen LogP contribution in [0.3, 0.4) is 0 Å². The average molecular weight is 1130 g/mol. The van der Waals surface area contributed by atoms with Crippen molar-refractivity contribution in [3.8, 4) is 0 Å². The fraction of sp³-hybridized carbons (Fsp3) is 0.617. The molecule has 0 radical (unpaired) electrons. The molecule has 440 valence electrons. The van der Waals surface area contributed by atoms with E-state index < -0.39 is 217 Å². The first-order valence-electron chi connectivity index (χ1n) is 24.3. The molecule has 0 aliphatic heterocycles. The number of nitrogens with zero attached hydrogens (tertiary/aromatic N) is 4. The molecule has 0 atom stereocenters. The highest BCUT2D eigenvalue weighted by Gasteiger charge is 2.27. The molecular formula is C47H70N10O22. The van der Waals surface area contributed by atoms with Crippen LogP contribution in [0.5, 0.6) is 0 Å². The van der Waals surface area contributed by atoms with E-state index in [2.05, 4.69) is 45.5 Å². The smallest absolute Gasteiger partial charge is 0.325 e. The van der Waals surface area contributed by atoms with E-state index in [1.807, 2.05) is 0 Å². The topological polar surface area (TPSA) is 443 Å². The summed E-state index contributed by atoms with van der Waals surface area (Å²) in [6.45, 7) is -6.59. The lowest BCUT2D eigenvalue weighted by Crippen LogP contribution is -2.45. The summed E-state index contributed by atoms with van der Waals surface area (Å²) >= 11 is 0. The largest absolute Gasteiger partial charge is 0.468 e. The summed E-state index contributed by atoms with van der Waals surface area (Å²) in [5.41, 5.74) is 5.24. The number of hydrogen-bond donors (Lipinski definition) is 6. The molecule has 0 aromatic heterocycles. The van der Waals surface area contributed by atoms with Crippen LogP contribution in [0.2, 0.25) is 0 Å². The second-order valence-corrected chi connectivity index (χ2v) is 16.8. The summed E-state index contributed by atoms with van der Waals surface area (Å²) in [4.78, 5) is 226. The van der Waals surface area contributed by atoms with Crippen LogP contribution in [0.15, 0.2) is 0 Å². The van der Waals surface area contributed by atoms with Crippen LogP contribution in [0.25, 0.3) is 0 Å². The van der Waals surface area contributed by atoms with E-state index in [9.17, 15) is 86.3 Å². The summed E-state index contributed by atoms with van der Waals surface area (Å²) < 4.78 is 18.2. The Bertz CT molecular complexity index is 2250. The van der Waals surface area contributed by atoms with E-state index in [1.165, 1.54) is 0 Å². The number of nitrogens with one attached hydrogen (secondary N) is 5. The maximum absolute atomic E-state index is 13.1. The van der Waals surface area contributed by atoms with Crippen LogP contribution in [0.4, 0.5) is 0 Å². The van der Waals surface area contributed by atoms with Gasteiger partial charge in [-0.1, -0.05) is 0 Å². The van der Waals surface area contributed by atoms with Gasteiger partial charge < -0.3 is 70.9 Å². The number of nitrogens with two attached hydrogens (primary N) is 1. The van der Waals surface area contributed by atoms with Gasteiger partial charge in [0.1, 0.15) is 58.1 Å². The summed E-state index contributed by atoms with van der Waals surface area (Å²) in [7, 11) is 4.08. The van der Waals surface area contributed by atoms with Gasteiger partial charge in [0.15, 0.2) is 23.1 Å². The normalized spacial score (nSPS) is 10.3. The lowest BCUT2D eigenvalue weighted by atomic mass is 10.2. The molecule has 0 bridgehead atoms. The van der Waals surface area contributed by atoms with Gasteiger partial charge in [0, 0.05) is 70.8 Å². The van der Waals surface area contributed by atoms with Gasteiger partial charge in [-0.2, -0.15) is 0 Å². The summed E-state index contributed by atoms with van der Waals surface area (Å²) in [6, 6.07) is 0. The predicted octanol–water partition coefficient (Wildman–Crippen LogP) is -6.70. The number of ketones is 5. The van der Waals surface area contributed by atoms with Crippen LogP contribution in [-0.2, 0) is 105 Å². The lowest BCUT2D eigenvalue weighted by molar-refractivity contribution is -0.148. The summed E-state index contributed by atoms with van der Waals surface area (Å²) in [5, 5.41) is 11.5. The maximum atomic E-state index is 13.1. The van der Waals surface area contributed by atoms with E-state index >= 15 is 0 Å². The molecule has 32 nitrogen and oxygen atoms in total. The standard InChI is InChI=1S/C47H70N10O22/c1-6-49-35(63)12-7-31(59)18-50-36(64)23-55(27-45(73)77-3)41(69)14-9-33(61)20-52-38(66)25-57(29-47(75)79-5)43(71)16-11-34(62)21-53-39(67)24-56(28-46(74)78-4)42(70)15-10-32(60)19-51-37(65)22-54(26-44(72)76-2)40(68)13-8-30(58)17-48/h6-29,48H2,1-5H3,(H,49,63)(H,50,64)(H,51,65)(H,52,66)(H,53,67). The second kappa shape index (κ2) is 39.7. The van der Waals surface area contributed by atoms with Crippen molar-refractivity contribution in [2.75, 3.05) is 120 Å². The quantitative estimate of drug-likeness (QED) is 0.0245. The molecule has 0 saturated heterocycles. The minimum atomic E-state index is -0.967. The van der Waals surface area contributed by atoms with Crippen molar-refractivity contribution in [2.24, 2.45) is 5.73 Å². The SMILES string of the molecule is CCNC(=O)CCC(=O)CNC(=O)CN(CC(=O)OC)C(=O)CCC(=O)CNC(=O)CN(CC(=O)OC)C(=O)CCC(=O)CNC(=O)CN(CC(=O)OC)C(=O)CCC(=O)CNC(=O)CN(CC(=O)OC)C(=O)CCC(=O)CN. The molecule has 0 aliphatic carbocycles. The fourth-order valence-electron chi connectivity index (χ4n) is 6.13. The monoisotopic (exact) mass is 1130 g/mol. The average Bonchev–Trinajstić information content (AvgIpc) is 3.42. The van der Waals surface area contributed by atoms with Crippen molar-refractivity contribution in [1.29, 1.82) is 0 Å². The van der Waals surface area contributed by atoms with Crippen molar-refractivity contribution in [3.63, 3.8) is 0 Å². The third-order valence-corrected chi connectivity index (χ3v) is 10.6. The summed E-state index contributed by atoms with van der Waals surface area (Å²) in [6.07, 6.45) is -4.12. The maximum Gasteiger partial charge on any atom is 0.325 e. The zero-order valence-electron chi connectivity index (χ0n) is 44.8. The molecule has 0 aliphatic rings. The van der Waals surface area contributed by atoms with Gasteiger partial charge in [-0.05, 0) is 6.92 Å². The lowest BCUT2D eigenvalue weighted by Gasteiger charge is -2.22.